The molecule has 4 aromatic heterocycles. The highest BCUT2D eigenvalue weighted by Crippen LogP contribution is 2.58. The molecule has 4 heteroatoms. The third-order valence-electron chi connectivity index (χ3n) is 32.4. The summed E-state index contributed by atoms with van der Waals surface area (Å²) < 4.78 is 14.1. The number of para-hydroxylation sites is 1. The highest BCUT2D eigenvalue weighted by atomic mass is 32.1. The van der Waals surface area contributed by atoms with Crippen LogP contribution in [0.2, 0.25) is 0 Å². The van der Waals surface area contributed by atoms with Gasteiger partial charge in [0.2, 0.25) is 0 Å². The predicted molar refractivity (Wildman–Crippen MR) is 655 cm³/mol. The fourth-order valence-corrected chi connectivity index (χ4v) is 28.0. The third-order valence-corrected chi connectivity index (χ3v) is 35.9. The summed E-state index contributed by atoms with van der Waals surface area (Å²) in [5, 5.41) is 10.8. The zero-order valence-electron chi connectivity index (χ0n) is 91.8. The molecule has 0 saturated heterocycles. The van der Waals surface area contributed by atoms with Gasteiger partial charge in [-0.1, -0.05) is 522 Å². The lowest BCUT2D eigenvalue weighted by atomic mass is 9.70. The van der Waals surface area contributed by atoms with Gasteiger partial charge in [0, 0.05) is 92.9 Å². The van der Waals surface area contributed by atoms with E-state index >= 15 is 0 Å². The Hall–Kier alpha value is -12.0. The Kier molecular flexibility index (Phi) is 36.3. The quantitative estimate of drug-likeness (QED) is 0.0446. The lowest BCUT2D eigenvalue weighted by Crippen LogP contribution is -2.25. The number of rotatable bonds is 28. The van der Waals surface area contributed by atoms with Crippen molar-refractivity contribution in [1.82, 2.24) is 0 Å². The number of unbranched alkanes of at least 4 members (excludes halogenated alkanes) is 20. The van der Waals surface area contributed by atoms with E-state index in [1.165, 1.54) is 362 Å². The Morgan fingerprint density at radius 3 is 1.04 bits per heavy atom. The number of furan rings is 1. The lowest BCUT2D eigenvalue weighted by molar-refractivity contribution is 0.397. The molecule has 0 spiro atoms. The number of hydrogen-bond donors (Lipinski definition) is 0. The molecule has 20 aromatic rings. The molecule has 148 heavy (non-hydrogen) atoms. The van der Waals surface area contributed by atoms with E-state index in [-0.39, 0.29) is 21.7 Å². The molecular formula is C144H160OS3. The second-order valence-electron chi connectivity index (χ2n) is 44.2. The molecule has 760 valence electrons. The van der Waals surface area contributed by atoms with Crippen molar-refractivity contribution in [2.75, 3.05) is 0 Å². The largest absolute Gasteiger partial charge is 0.456 e. The van der Waals surface area contributed by atoms with Crippen LogP contribution in [0.3, 0.4) is 0 Å². The van der Waals surface area contributed by atoms with E-state index in [0.29, 0.717) is 0 Å². The molecule has 0 unspecified atom stereocenters. The van der Waals surface area contributed by atoms with Crippen LogP contribution >= 0.6 is 34.0 Å². The van der Waals surface area contributed by atoms with Crippen molar-refractivity contribution < 1.29 is 4.42 Å². The number of hydrogen-bond acceptors (Lipinski definition) is 4. The van der Waals surface area contributed by atoms with E-state index in [9.17, 15) is 0 Å². The van der Waals surface area contributed by atoms with Crippen molar-refractivity contribution in [3.63, 3.8) is 0 Å². The monoisotopic (exact) mass is 2000 g/mol. The first-order valence-electron chi connectivity index (χ1n) is 56.4. The van der Waals surface area contributed by atoms with Crippen molar-refractivity contribution in [3.05, 3.63) is 429 Å². The van der Waals surface area contributed by atoms with Gasteiger partial charge in [-0.05, 0) is 241 Å². The molecule has 0 amide bonds. The number of benzene rings is 16. The lowest BCUT2D eigenvalue weighted by Gasteiger charge is -2.33. The van der Waals surface area contributed by atoms with Gasteiger partial charge in [0.1, 0.15) is 11.2 Å². The minimum absolute atomic E-state index is 0.151. The van der Waals surface area contributed by atoms with Gasteiger partial charge in [0.05, 0.1) is 0 Å². The van der Waals surface area contributed by atoms with Gasteiger partial charge in [-0.2, -0.15) is 0 Å². The highest BCUT2D eigenvalue weighted by Gasteiger charge is 2.44. The number of aryl methyl sites for hydroxylation is 8. The third kappa shape index (κ3) is 24.0. The van der Waals surface area contributed by atoms with E-state index in [4.69, 9.17) is 4.42 Å². The molecule has 4 aliphatic rings. The minimum atomic E-state index is 0.151. The molecule has 4 heterocycles. The normalized spacial score (nSPS) is 13.3. The van der Waals surface area contributed by atoms with Crippen molar-refractivity contribution in [1.29, 1.82) is 0 Å². The molecule has 0 radical (unpaired) electrons. The molecule has 0 saturated carbocycles. The summed E-state index contributed by atoms with van der Waals surface area (Å²) >= 11 is 5.62. The van der Waals surface area contributed by atoms with Crippen LogP contribution in [0.4, 0.5) is 0 Å². The maximum atomic E-state index is 5.73. The second-order valence-corrected chi connectivity index (χ2v) is 47.4. The fraction of sp³-hybridized carbons (Fsp3) is 0.333. The van der Waals surface area contributed by atoms with Gasteiger partial charge >= 0.3 is 0 Å². The van der Waals surface area contributed by atoms with E-state index in [1.54, 1.807) is 22.3 Å². The van der Waals surface area contributed by atoms with Crippen LogP contribution in [0, 0.1) is 55.4 Å². The summed E-state index contributed by atoms with van der Waals surface area (Å²) in [5.41, 5.74) is 37.5. The average Bonchev–Trinajstić information content (AvgIpc) is 1.57. The summed E-state index contributed by atoms with van der Waals surface area (Å²) in [6.45, 7) is 35.9. The van der Waals surface area contributed by atoms with E-state index in [2.05, 4.69) is 420 Å². The second kappa shape index (κ2) is 50.1. The number of fused-ring (bicyclic) bond motifs is 24. The Morgan fingerprint density at radius 1 is 0.189 bits per heavy atom. The van der Waals surface area contributed by atoms with Crippen molar-refractivity contribution >= 4 is 116 Å². The van der Waals surface area contributed by atoms with Crippen LogP contribution in [0.1, 0.15) is 324 Å². The van der Waals surface area contributed by atoms with Gasteiger partial charge in [-0.15, -0.1) is 34.0 Å². The molecule has 0 aliphatic heterocycles. The maximum Gasteiger partial charge on any atom is 0.135 e. The topological polar surface area (TPSA) is 13.1 Å². The zero-order chi connectivity index (χ0) is 103. The summed E-state index contributed by atoms with van der Waals surface area (Å²) in [4.78, 5) is 0. The van der Waals surface area contributed by atoms with Gasteiger partial charge in [0.25, 0.3) is 0 Å². The first-order chi connectivity index (χ1) is 72.1. The molecule has 4 aliphatic carbocycles. The van der Waals surface area contributed by atoms with Crippen LogP contribution in [0.25, 0.3) is 127 Å². The number of thiophene rings is 3. The fourth-order valence-electron chi connectivity index (χ4n) is 24.5. The van der Waals surface area contributed by atoms with Crippen LogP contribution in [0.15, 0.2) is 344 Å². The summed E-state index contributed by atoms with van der Waals surface area (Å²) in [7, 11) is 0. The SMILES string of the molecule is CCCCCCCCC1(CCCCCCCC)c2ccccc2-c2cc(C)ccc21.CCCCCCCCC1(CCCCCCCC)c2ccccc2-c2ccc(C)cc21.Cc1ccc2c(c1)-c1ccccc1C2(C)C.Cc1ccc2c(c1)C(C)(C)c1ccccc1-2.Cc1ccc2c(c1)sc1ccccc12.Cc1ccc2sc3ccccc3c2c1.Cc1cccc2oc3ccccc3c12.Cc1cccc2sc3ccccc3c12. The Morgan fingerprint density at radius 2 is 0.493 bits per heavy atom. The molecule has 0 fully saturated rings. The van der Waals surface area contributed by atoms with Crippen molar-refractivity contribution in [2.24, 2.45) is 0 Å². The smallest absolute Gasteiger partial charge is 0.135 e. The molecule has 1 nitrogen and oxygen atoms in total. The molecule has 24 rings (SSSR count). The predicted octanol–water partition coefficient (Wildman–Crippen LogP) is 45.1. The van der Waals surface area contributed by atoms with Crippen molar-refractivity contribution in [2.45, 2.75) is 312 Å². The molecule has 0 atom stereocenters. The van der Waals surface area contributed by atoms with Crippen molar-refractivity contribution in [3.8, 4) is 44.5 Å². The maximum absolute atomic E-state index is 5.73. The average molecular weight is 2000 g/mol. The summed E-state index contributed by atoms with van der Waals surface area (Å²) in [6.07, 6.45) is 38.5. The van der Waals surface area contributed by atoms with Crippen LogP contribution < -0.4 is 0 Å². The van der Waals surface area contributed by atoms with Gasteiger partial charge in [-0.25, -0.2) is 0 Å². The van der Waals surface area contributed by atoms with Crippen LogP contribution in [-0.2, 0) is 21.7 Å². The van der Waals surface area contributed by atoms with Gasteiger partial charge in [-0.3, -0.25) is 0 Å². The van der Waals surface area contributed by atoms with E-state index in [1.807, 2.05) is 64.3 Å². The molecule has 0 N–H and O–H groups in total. The van der Waals surface area contributed by atoms with Crippen LogP contribution in [0.5, 0.6) is 0 Å². The Labute approximate surface area is 899 Å². The summed E-state index contributed by atoms with van der Waals surface area (Å²) in [5.74, 6) is 0. The van der Waals surface area contributed by atoms with E-state index < -0.39 is 0 Å². The minimum Gasteiger partial charge on any atom is -0.456 e. The summed E-state index contributed by atoms with van der Waals surface area (Å²) in [6, 6.07) is 124. The molecular weight excluding hydrogens is 1840 g/mol. The first-order valence-corrected chi connectivity index (χ1v) is 58.9. The standard InChI is InChI=1S/2C30H44.2C16H16.C13H10O.3C13H10S/c1-4-6-8-10-12-16-22-30(23-17-13-11-9-7-5-2)28-19-15-14-18-26(28)27-24-25(3)20-21-29(27)30;1-4-6-8-10-12-16-22-30(23-17-13-11-9-7-5-2)28-19-15-14-18-26(28)27-21-20-25(3)24-29(27)30;1-11-8-9-15-13(10-11)12-6-4-5-7-14(12)16(15,2)3;1-11-8-9-13-12-6-4-5-7-14(12)16(2,3)15(13)10-11;2*1-9-5-4-8-12-13(9)10-6-2-3-7-11(10)14-12;1-9-6-7-13-11(8-9)10-4-2-3-5-12(10)14-13;1-9-6-7-11-10-4-2-3-5-12(10)14-13(11)8-9/h2*14-15,18-21,24H,4-13,16-17,22-23H2,1-3H3;2*4-10H,1-3H3;4*2-8H,1H3. The Bertz CT molecular complexity index is 7700. The van der Waals surface area contributed by atoms with Gasteiger partial charge < -0.3 is 4.42 Å². The Balaban J connectivity index is 0.000000118. The highest BCUT2D eigenvalue weighted by molar-refractivity contribution is 7.26. The molecule has 16 aromatic carbocycles. The zero-order valence-corrected chi connectivity index (χ0v) is 94.2. The van der Waals surface area contributed by atoms with E-state index in [0.717, 1.165) is 11.2 Å². The first kappa shape index (κ1) is 107. The molecule has 0 bridgehead atoms. The van der Waals surface area contributed by atoms with Gasteiger partial charge in [0.15, 0.2) is 0 Å². The van der Waals surface area contributed by atoms with Crippen LogP contribution in [-0.4, -0.2) is 0 Å².